The lowest BCUT2D eigenvalue weighted by Gasteiger charge is -2.24. The van der Waals surface area contributed by atoms with Crippen molar-refractivity contribution in [2.75, 3.05) is 11.9 Å². The van der Waals surface area contributed by atoms with Gasteiger partial charge in [0.25, 0.3) is 11.5 Å². The van der Waals surface area contributed by atoms with Crippen molar-refractivity contribution in [1.82, 2.24) is 15.2 Å². The van der Waals surface area contributed by atoms with Crippen LogP contribution >= 0.6 is 0 Å². The molecule has 9 heteroatoms. The molecule has 2 aromatic rings. The molecule has 1 saturated heterocycles. The summed E-state index contributed by atoms with van der Waals surface area (Å²) in [4.78, 5) is 42.6. The predicted octanol–water partition coefficient (Wildman–Crippen LogP) is 2.72. The highest BCUT2D eigenvalue weighted by molar-refractivity contribution is 6.05. The Morgan fingerprint density at radius 2 is 1.92 bits per heavy atom. The Balaban J connectivity index is 1.64. The Bertz CT molecular complexity index is 1210. The minimum Gasteiger partial charge on any atom is -0.382 e. The number of likely N-dealkylation sites (tertiary alicyclic amines) is 1. The molecule has 2 aliphatic rings. The van der Waals surface area contributed by atoms with E-state index in [9.17, 15) is 14.4 Å². The number of nitrogens with one attached hydrogen (secondary N) is 4. The smallest absolute Gasteiger partial charge is 0.253 e. The lowest BCUT2D eigenvalue weighted by Crippen LogP contribution is -2.39. The maximum absolute atomic E-state index is 13.4. The molecular formula is C27H36N6O3. The molecule has 2 amide bonds. The van der Waals surface area contributed by atoms with Gasteiger partial charge in [-0.25, -0.2) is 0 Å². The van der Waals surface area contributed by atoms with E-state index in [1.807, 2.05) is 26.0 Å². The molecule has 1 aromatic heterocycles. The van der Waals surface area contributed by atoms with Crippen molar-refractivity contribution in [3.8, 4) is 0 Å². The number of hydrogen-bond acceptors (Lipinski definition) is 6. The molecule has 192 valence electrons. The number of primary amides is 1. The van der Waals surface area contributed by atoms with Crippen LogP contribution in [0.3, 0.4) is 0 Å². The number of carbonyl (C=O) groups excluding carboxylic acids is 2. The topological polar surface area (TPSA) is 144 Å². The van der Waals surface area contributed by atoms with E-state index >= 15 is 0 Å². The van der Waals surface area contributed by atoms with Crippen LogP contribution in [0.4, 0.5) is 5.69 Å². The van der Waals surface area contributed by atoms with Gasteiger partial charge in [-0.1, -0.05) is 12.8 Å². The van der Waals surface area contributed by atoms with E-state index in [1.165, 1.54) is 6.21 Å². The number of amides is 2. The van der Waals surface area contributed by atoms with E-state index in [1.54, 1.807) is 6.07 Å². The fourth-order valence-corrected chi connectivity index (χ4v) is 5.49. The molecule has 9 nitrogen and oxygen atoms in total. The van der Waals surface area contributed by atoms with E-state index in [2.05, 4.69) is 20.5 Å². The summed E-state index contributed by atoms with van der Waals surface area (Å²) in [5.74, 6) is -0.679. The van der Waals surface area contributed by atoms with Gasteiger partial charge in [0.1, 0.15) is 0 Å². The molecule has 1 aliphatic carbocycles. The Morgan fingerprint density at radius 3 is 2.58 bits per heavy atom. The molecule has 36 heavy (non-hydrogen) atoms. The van der Waals surface area contributed by atoms with Crippen LogP contribution in [-0.4, -0.2) is 46.5 Å². The van der Waals surface area contributed by atoms with Gasteiger partial charge < -0.3 is 26.8 Å². The Labute approximate surface area is 211 Å². The number of aromatic amines is 1. The van der Waals surface area contributed by atoms with E-state index < -0.39 is 0 Å². The van der Waals surface area contributed by atoms with Gasteiger partial charge in [0, 0.05) is 47.9 Å². The van der Waals surface area contributed by atoms with E-state index in [4.69, 9.17) is 11.1 Å². The number of carbonyl (C=O) groups is 2. The SMILES string of the molecule is Cc1cc(C)c(CNC(=O)c2cc(CN3CCC[C@@H]3C(N)=O)cc(NC3CCCC3)c2C=N)c(=O)[nH]1. The Morgan fingerprint density at radius 1 is 1.17 bits per heavy atom. The first-order valence-electron chi connectivity index (χ1n) is 12.7. The molecule has 0 radical (unpaired) electrons. The number of aryl methyl sites for hydroxylation is 2. The number of nitrogens with two attached hydrogens (primary N) is 1. The molecule has 0 unspecified atom stereocenters. The van der Waals surface area contributed by atoms with Crippen molar-refractivity contribution in [2.45, 2.75) is 77.5 Å². The summed E-state index contributed by atoms with van der Waals surface area (Å²) in [6.45, 7) is 5.01. The standard InChI is InChI=1S/C27H36N6O3/c1-16-10-17(2)31-27(36)22(16)14-30-26(35)20-11-18(15-33-9-5-8-24(33)25(29)34)12-23(21(20)13-28)32-19-6-3-4-7-19/h10-13,19,24,28,32H,3-9,14-15H2,1-2H3,(H2,29,34)(H,30,35)(H,31,36)/t24-/m1/s1. The molecule has 1 aromatic carbocycles. The summed E-state index contributed by atoms with van der Waals surface area (Å²) in [6, 6.07) is 5.64. The highest BCUT2D eigenvalue weighted by atomic mass is 16.2. The second kappa shape index (κ2) is 11.1. The lowest BCUT2D eigenvalue weighted by atomic mass is 9.99. The minimum absolute atomic E-state index is 0.0865. The number of aromatic nitrogens is 1. The van der Waals surface area contributed by atoms with Crippen molar-refractivity contribution < 1.29 is 9.59 Å². The monoisotopic (exact) mass is 492 g/mol. The zero-order valence-corrected chi connectivity index (χ0v) is 21.1. The van der Waals surface area contributed by atoms with Gasteiger partial charge in [-0.05, 0) is 75.4 Å². The van der Waals surface area contributed by atoms with Crippen LogP contribution in [0.2, 0.25) is 0 Å². The average molecular weight is 493 g/mol. The summed E-state index contributed by atoms with van der Waals surface area (Å²) in [6.07, 6.45) is 7.26. The molecule has 6 N–H and O–H groups in total. The molecular weight excluding hydrogens is 456 g/mol. The highest BCUT2D eigenvalue weighted by Gasteiger charge is 2.29. The zero-order chi connectivity index (χ0) is 25.8. The van der Waals surface area contributed by atoms with Gasteiger partial charge in [-0.3, -0.25) is 19.3 Å². The number of hydrogen-bond donors (Lipinski definition) is 5. The fraction of sp³-hybridized carbons (Fsp3) is 0.481. The number of H-pyrrole nitrogens is 1. The summed E-state index contributed by atoms with van der Waals surface area (Å²) < 4.78 is 0. The fourth-order valence-electron chi connectivity index (χ4n) is 5.49. The number of nitrogens with zero attached hydrogens (tertiary/aromatic N) is 1. The van der Waals surface area contributed by atoms with Gasteiger partial charge in [0.15, 0.2) is 0 Å². The number of pyridine rings is 1. The minimum atomic E-state index is -0.350. The molecule has 2 fully saturated rings. The summed E-state index contributed by atoms with van der Waals surface area (Å²) >= 11 is 0. The van der Waals surface area contributed by atoms with Gasteiger partial charge in [-0.15, -0.1) is 0 Å². The first kappa shape index (κ1) is 25.6. The second-order valence-corrected chi connectivity index (χ2v) is 10.0. The van der Waals surface area contributed by atoms with Crippen LogP contribution < -0.4 is 21.9 Å². The predicted molar refractivity (Wildman–Crippen MR) is 141 cm³/mol. The number of anilines is 1. The van der Waals surface area contributed by atoms with Crippen molar-refractivity contribution in [3.05, 3.63) is 62.1 Å². The summed E-state index contributed by atoms with van der Waals surface area (Å²) in [5.41, 5.74) is 10.0. The van der Waals surface area contributed by atoms with E-state index in [-0.39, 0.29) is 30.0 Å². The first-order chi connectivity index (χ1) is 17.3. The van der Waals surface area contributed by atoms with Crippen molar-refractivity contribution >= 4 is 23.7 Å². The molecule has 1 saturated carbocycles. The maximum Gasteiger partial charge on any atom is 0.253 e. The number of benzene rings is 1. The molecule has 1 aliphatic heterocycles. The van der Waals surface area contributed by atoms with Crippen LogP contribution in [0.25, 0.3) is 0 Å². The van der Waals surface area contributed by atoms with Crippen LogP contribution in [0.1, 0.15) is 76.8 Å². The summed E-state index contributed by atoms with van der Waals surface area (Å²) in [5, 5.41) is 14.5. The highest BCUT2D eigenvalue weighted by Crippen LogP contribution is 2.29. The molecule has 0 spiro atoms. The quantitative estimate of drug-likeness (QED) is 0.342. The third-order valence-electron chi connectivity index (χ3n) is 7.34. The van der Waals surface area contributed by atoms with Gasteiger partial charge in [0.2, 0.25) is 5.91 Å². The molecule has 1 atom stereocenters. The Hall–Kier alpha value is -3.46. The van der Waals surface area contributed by atoms with Crippen molar-refractivity contribution in [3.63, 3.8) is 0 Å². The van der Waals surface area contributed by atoms with Crippen LogP contribution in [0.5, 0.6) is 0 Å². The van der Waals surface area contributed by atoms with Gasteiger partial charge >= 0.3 is 0 Å². The van der Waals surface area contributed by atoms with Crippen molar-refractivity contribution in [1.29, 1.82) is 5.41 Å². The van der Waals surface area contributed by atoms with Crippen LogP contribution in [0.15, 0.2) is 23.0 Å². The summed E-state index contributed by atoms with van der Waals surface area (Å²) in [7, 11) is 0. The van der Waals surface area contributed by atoms with Gasteiger partial charge in [0.05, 0.1) is 11.6 Å². The maximum atomic E-state index is 13.4. The Kier molecular flexibility index (Phi) is 7.88. The van der Waals surface area contributed by atoms with Gasteiger partial charge in [-0.2, -0.15) is 0 Å². The zero-order valence-electron chi connectivity index (χ0n) is 21.1. The second-order valence-electron chi connectivity index (χ2n) is 10.0. The third kappa shape index (κ3) is 5.67. The molecule has 0 bridgehead atoms. The van der Waals surface area contributed by atoms with E-state index in [0.717, 1.165) is 67.6 Å². The van der Waals surface area contributed by atoms with E-state index in [0.29, 0.717) is 29.3 Å². The molecule has 4 rings (SSSR count). The van der Waals surface area contributed by atoms with Crippen LogP contribution in [-0.2, 0) is 17.9 Å². The lowest BCUT2D eigenvalue weighted by molar-refractivity contribution is -0.122. The normalized spacial score (nSPS) is 18.3. The third-order valence-corrected chi connectivity index (χ3v) is 7.34. The first-order valence-corrected chi connectivity index (χ1v) is 12.7. The molecule has 2 heterocycles. The largest absolute Gasteiger partial charge is 0.382 e. The van der Waals surface area contributed by atoms with Crippen LogP contribution in [0, 0.1) is 19.3 Å². The number of rotatable bonds is 9. The van der Waals surface area contributed by atoms with Crippen molar-refractivity contribution in [2.24, 2.45) is 5.73 Å². The average Bonchev–Trinajstić information content (AvgIpc) is 3.50.